The molecule has 0 aliphatic rings. The molecule has 20 heavy (non-hydrogen) atoms. The molecule has 0 unspecified atom stereocenters. The number of nitrogens with zero attached hydrogens (tertiary/aromatic N) is 2. The Labute approximate surface area is 119 Å². The summed E-state index contributed by atoms with van der Waals surface area (Å²) in [5, 5.41) is 7.31. The molecule has 0 atom stereocenters. The molecule has 0 amide bonds. The molecule has 0 bridgehead atoms. The van der Waals surface area contributed by atoms with Gasteiger partial charge in [-0.25, -0.2) is 0 Å². The van der Waals surface area contributed by atoms with E-state index in [2.05, 4.69) is 17.1 Å². The molecule has 1 aromatic rings. The zero-order valence-corrected chi connectivity index (χ0v) is 12.0. The lowest BCUT2D eigenvalue weighted by molar-refractivity contribution is 0.272. The zero-order chi connectivity index (χ0) is 14.8. The molecule has 0 radical (unpaired) electrons. The van der Waals surface area contributed by atoms with Crippen molar-refractivity contribution in [3.05, 3.63) is 23.8 Å². The van der Waals surface area contributed by atoms with E-state index < -0.39 is 0 Å². The maximum absolute atomic E-state index is 5.69. The number of nitrogens with two attached hydrogens (primary N) is 2. The van der Waals surface area contributed by atoms with Gasteiger partial charge in [-0.15, -0.1) is 5.10 Å². The van der Waals surface area contributed by atoms with Crippen molar-refractivity contribution in [2.45, 2.75) is 26.7 Å². The third-order valence-corrected chi connectivity index (χ3v) is 2.40. The highest BCUT2D eigenvalue weighted by Gasteiger charge is 2.05. The number of hydrogen-bond donors (Lipinski definition) is 2. The number of hydrogen-bond acceptors (Lipinski definition) is 4. The van der Waals surface area contributed by atoms with Crippen molar-refractivity contribution in [1.82, 2.24) is 0 Å². The van der Waals surface area contributed by atoms with E-state index >= 15 is 0 Å². The number of ether oxygens (including phenoxy) is 2. The van der Waals surface area contributed by atoms with Gasteiger partial charge < -0.3 is 20.9 Å². The Bertz CT molecular complexity index is 468. The Balaban J connectivity index is 2.82. The Morgan fingerprint density at radius 3 is 2.65 bits per heavy atom. The normalized spacial score (nSPS) is 10.5. The quantitative estimate of drug-likeness (QED) is 0.328. The average Bonchev–Trinajstić information content (AvgIpc) is 2.41. The van der Waals surface area contributed by atoms with Crippen molar-refractivity contribution >= 4 is 12.2 Å². The smallest absolute Gasteiger partial charge is 0.211 e. The van der Waals surface area contributed by atoms with Gasteiger partial charge in [0, 0.05) is 0 Å². The molecule has 4 N–H and O–H groups in total. The molecular formula is C14H22N4O2. The van der Waals surface area contributed by atoms with Crippen molar-refractivity contribution in [3.8, 4) is 11.5 Å². The van der Waals surface area contributed by atoms with Gasteiger partial charge in [0.05, 0.1) is 19.4 Å². The fraction of sp³-hybridized carbons (Fsp3) is 0.429. The second-order valence-corrected chi connectivity index (χ2v) is 4.11. The molecule has 110 valence electrons. The first kappa shape index (κ1) is 15.8. The van der Waals surface area contributed by atoms with Crippen LogP contribution in [0.2, 0.25) is 0 Å². The summed E-state index contributed by atoms with van der Waals surface area (Å²) < 4.78 is 11.3. The summed E-state index contributed by atoms with van der Waals surface area (Å²) in [6.45, 7) is 5.29. The van der Waals surface area contributed by atoms with E-state index in [0.717, 1.165) is 24.2 Å². The molecule has 0 saturated heterocycles. The lowest BCUT2D eigenvalue weighted by Gasteiger charge is -2.12. The van der Waals surface area contributed by atoms with Gasteiger partial charge in [-0.05, 0) is 37.1 Å². The predicted octanol–water partition coefficient (Wildman–Crippen LogP) is 1.87. The first-order valence-corrected chi connectivity index (χ1v) is 6.69. The molecule has 6 heteroatoms. The van der Waals surface area contributed by atoms with Crippen LogP contribution < -0.4 is 20.9 Å². The molecule has 1 rings (SSSR count). The SMILES string of the molecule is CCCCOc1ccc(/C=N\N=C(N)N)cc1OCC. The molecule has 0 aliphatic heterocycles. The molecule has 1 aromatic carbocycles. The third-order valence-electron chi connectivity index (χ3n) is 2.40. The van der Waals surface area contributed by atoms with Gasteiger partial charge in [0.2, 0.25) is 5.96 Å². The summed E-state index contributed by atoms with van der Waals surface area (Å²) in [5.74, 6) is 1.35. The summed E-state index contributed by atoms with van der Waals surface area (Å²) in [6.07, 6.45) is 3.66. The van der Waals surface area contributed by atoms with Crippen LogP contribution in [-0.2, 0) is 0 Å². The number of rotatable bonds is 8. The van der Waals surface area contributed by atoms with E-state index in [1.54, 1.807) is 6.21 Å². The maximum Gasteiger partial charge on any atom is 0.211 e. The van der Waals surface area contributed by atoms with Gasteiger partial charge in [0.1, 0.15) is 0 Å². The monoisotopic (exact) mass is 278 g/mol. The minimum absolute atomic E-state index is 0.0780. The van der Waals surface area contributed by atoms with Gasteiger partial charge in [-0.2, -0.15) is 5.10 Å². The summed E-state index contributed by atoms with van der Waals surface area (Å²) in [4.78, 5) is 0. The minimum Gasteiger partial charge on any atom is -0.490 e. The molecule has 0 heterocycles. The van der Waals surface area contributed by atoms with E-state index in [9.17, 15) is 0 Å². The van der Waals surface area contributed by atoms with Crippen LogP contribution in [0.3, 0.4) is 0 Å². The standard InChI is InChI=1S/C14H22N4O2/c1-3-5-8-20-12-7-6-11(9-13(12)19-4-2)10-17-18-14(15)16/h6-7,9-10H,3-5,8H2,1-2H3,(H4,15,16,18)/b17-10-. The molecule has 6 nitrogen and oxygen atoms in total. The minimum atomic E-state index is -0.0780. The molecule has 0 aliphatic carbocycles. The average molecular weight is 278 g/mol. The first-order valence-electron chi connectivity index (χ1n) is 6.69. The highest BCUT2D eigenvalue weighted by atomic mass is 16.5. The summed E-state index contributed by atoms with van der Waals surface area (Å²) in [5.41, 5.74) is 11.2. The predicted molar refractivity (Wildman–Crippen MR) is 81.4 cm³/mol. The first-order chi connectivity index (χ1) is 9.67. The van der Waals surface area contributed by atoms with Crippen LogP contribution in [0.1, 0.15) is 32.3 Å². The Morgan fingerprint density at radius 2 is 2.00 bits per heavy atom. The van der Waals surface area contributed by atoms with Crippen LogP contribution in [0.4, 0.5) is 0 Å². The fourth-order valence-corrected chi connectivity index (χ4v) is 1.48. The van der Waals surface area contributed by atoms with Gasteiger partial charge in [-0.1, -0.05) is 13.3 Å². The molecule has 0 fully saturated rings. The Hall–Kier alpha value is -2.24. The van der Waals surface area contributed by atoms with E-state index in [0.29, 0.717) is 19.0 Å². The van der Waals surface area contributed by atoms with E-state index in [1.165, 1.54) is 0 Å². The number of unbranched alkanes of at least 4 members (excludes halogenated alkanes) is 1. The van der Waals surface area contributed by atoms with Crippen molar-refractivity contribution in [3.63, 3.8) is 0 Å². The van der Waals surface area contributed by atoms with Gasteiger partial charge >= 0.3 is 0 Å². The van der Waals surface area contributed by atoms with Gasteiger partial charge in [0.15, 0.2) is 11.5 Å². The zero-order valence-electron chi connectivity index (χ0n) is 12.0. The van der Waals surface area contributed by atoms with Gasteiger partial charge in [0.25, 0.3) is 0 Å². The second-order valence-electron chi connectivity index (χ2n) is 4.11. The lowest BCUT2D eigenvalue weighted by Crippen LogP contribution is -2.21. The summed E-state index contributed by atoms with van der Waals surface area (Å²) in [6, 6.07) is 5.57. The molecular weight excluding hydrogens is 256 g/mol. The lowest BCUT2D eigenvalue weighted by atomic mass is 10.2. The van der Waals surface area contributed by atoms with Crippen molar-refractivity contribution < 1.29 is 9.47 Å². The topological polar surface area (TPSA) is 95.2 Å². The number of benzene rings is 1. The Kier molecular flexibility index (Phi) is 6.95. The van der Waals surface area contributed by atoms with E-state index in [1.807, 2.05) is 25.1 Å². The van der Waals surface area contributed by atoms with E-state index in [4.69, 9.17) is 20.9 Å². The maximum atomic E-state index is 5.69. The van der Waals surface area contributed by atoms with Gasteiger partial charge in [-0.3, -0.25) is 0 Å². The van der Waals surface area contributed by atoms with Crippen LogP contribution in [0.15, 0.2) is 28.4 Å². The Morgan fingerprint density at radius 1 is 1.20 bits per heavy atom. The van der Waals surface area contributed by atoms with Crippen LogP contribution in [0.5, 0.6) is 11.5 Å². The molecule has 0 saturated carbocycles. The van der Waals surface area contributed by atoms with Crippen LogP contribution in [0, 0.1) is 0 Å². The summed E-state index contributed by atoms with van der Waals surface area (Å²) in [7, 11) is 0. The largest absolute Gasteiger partial charge is 0.490 e. The number of guanidine groups is 1. The van der Waals surface area contributed by atoms with Crippen LogP contribution in [0.25, 0.3) is 0 Å². The van der Waals surface area contributed by atoms with E-state index in [-0.39, 0.29) is 5.96 Å². The van der Waals surface area contributed by atoms with Crippen molar-refractivity contribution in [1.29, 1.82) is 0 Å². The van der Waals surface area contributed by atoms with Crippen molar-refractivity contribution in [2.75, 3.05) is 13.2 Å². The highest BCUT2D eigenvalue weighted by Crippen LogP contribution is 2.28. The molecule has 0 aromatic heterocycles. The highest BCUT2D eigenvalue weighted by molar-refractivity contribution is 5.82. The fourth-order valence-electron chi connectivity index (χ4n) is 1.48. The molecule has 0 spiro atoms. The van der Waals surface area contributed by atoms with Crippen molar-refractivity contribution in [2.24, 2.45) is 21.7 Å². The summed E-state index contributed by atoms with van der Waals surface area (Å²) >= 11 is 0. The second kappa shape index (κ2) is 8.79. The third kappa shape index (κ3) is 5.60. The van der Waals surface area contributed by atoms with Crippen LogP contribution >= 0.6 is 0 Å². The van der Waals surface area contributed by atoms with Crippen LogP contribution in [-0.4, -0.2) is 25.4 Å².